The van der Waals surface area contributed by atoms with Crippen LogP contribution in [0.25, 0.3) is 0 Å². The first-order valence-electron chi connectivity index (χ1n) is 10.1. The van der Waals surface area contributed by atoms with Crippen LogP contribution < -0.4 is 25.6 Å². The van der Waals surface area contributed by atoms with Gasteiger partial charge in [-0.1, -0.05) is 29.8 Å². The van der Waals surface area contributed by atoms with Crippen LogP contribution >= 0.6 is 18.7 Å². The molecule has 0 saturated heterocycles. The monoisotopic (exact) mass is 483 g/mol. The summed E-state index contributed by atoms with van der Waals surface area (Å²) in [6.45, 7) is 3.93. The molecule has 3 aromatic rings. The highest BCUT2D eigenvalue weighted by Gasteiger charge is 2.20. The zero-order valence-corrected chi connectivity index (χ0v) is 20.0. The van der Waals surface area contributed by atoms with Crippen LogP contribution in [0.4, 0.5) is 28.8 Å². The summed E-state index contributed by atoms with van der Waals surface area (Å²) in [5, 5.41) is 7.33. The number of carbonyl (C=O) groups excluding carboxylic acids is 1. The lowest BCUT2D eigenvalue weighted by Crippen LogP contribution is -2.24. The van der Waals surface area contributed by atoms with E-state index in [2.05, 4.69) is 20.6 Å². The Balaban J connectivity index is 1.64. The Kier molecular flexibility index (Phi) is 6.40. The number of nitrogens with one attached hydrogen (secondary N) is 2. The molecule has 0 unspecified atom stereocenters. The molecule has 0 fully saturated rings. The highest BCUT2D eigenvalue weighted by molar-refractivity contribution is 7.70. The molecule has 2 heterocycles. The fraction of sp³-hybridized carbons (Fsp3) is 0.174. The third-order valence-electron chi connectivity index (χ3n) is 5.04. The third kappa shape index (κ3) is 5.02. The van der Waals surface area contributed by atoms with Gasteiger partial charge in [0.05, 0.1) is 24.7 Å². The van der Waals surface area contributed by atoms with E-state index in [1.807, 2.05) is 36.4 Å². The van der Waals surface area contributed by atoms with Gasteiger partial charge in [0.15, 0.2) is 5.82 Å². The normalized spacial score (nSPS) is 13.3. The van der Waals surface area contributed by atoms with Crippen LogP contribution in [-0.2, 0) is 9.36 Å². The minimum absolute atomic E-state index is 0.0804. The number of benzene rings is 2. The second-order valence-electron chi connectivity index (χ2n) is 7.74. The Morgan fingerprint density at radius 1 is 1.12 bits per heavy atom. The van der Waals surface area contributed by atoms with Gasteiger partial charge in [0.25, 0.3) is 5.91 Å². The standard InChI is InChI=1S/C23H23ClN5O3P/c1-32-19-11-10-15(29-12-6-9-21(29)30)13-18(19)27-23-25-14-16(24)22(28-23)26-17-7-4-5-8-20(17)33(2,3)31/h4-11,13-14H,12H2,1-3H3,(H2,25,26,27,28). The Morgan fingerprint density at radius 3 is 2.61 bits per heavy atom. The number of nitrogens with zero attached hydrogens (tertiary/aromatic N) is 3. The molecule has 170 valence electrons. The van der Waals surface area contributed by atoms with E-state index in [9.17, 15) is 9.36 Å². The molecule has 0 saturated carbocycles. The zero-order valence-electron chi connectivity index (χ0n) is 18.4. The average Bonchev–Trinajstić information content (AvgIpc) is 3.21. The molecule has 0 bridgehead atoms. The maximum atomic E-state index is 12.7. The van der Waals surface area contributed by atoms with E-state index in [4.69, 9.17) is 16.3 Å². The molecule has 4 rings (SSSR count). The molecule has 1 aromatic heterocycles. The number of anilines is 5. The van der Waals surface area contributed by atoms with Gasteiger partial charge in [0, 0.05) is 23.6 Å². The van der Waals surface area contributed by atoms with E-state index >= 15 is 0 Å². The Hall–Kier alpha value is -3.35. The van der Waals surface area contributed by atoms with Crippen LogP contribution in [0.1, 0.15) is 0 Å². The summed E-state index contributed by atoms with van der Waals surface area (Å²) in [6.07, 6.45) is 4.83. The third-order valence-corrected chi connectivity index (χ3v) is 6.86. The van der Waals surface area contributed by atoms with Crippen LogP contribution in [0.3, 0.4) is 0 Å². The molecule has 0 atom stereocenters. The Bertz CT molecular complexity index is 1290. The Labute approximate surface area is 197 Å². The van der Waals surface area contributed by atoms with Gasteiger partial charge < -0.3 is 24.8 Å². The number of para-hydroxylation sites is 1. The number of aromatic nitrogens is 2. The summed E-state index contributed by atoms with van der Waals surface area (Å²) in [5.74, 6) is 1.12. The molecule has 1 aliphatic heterocycles. The van der Waals surface area contributed by atoms with Crippen LogP contribution in [-0.4, -0.2) is 42.9 Å². The maximum Gasteiger partial charge on any atom is 0.251 e. The van der Waals surface area contributed by atoms with Gasteiger partial charge in [-0.25, -0.2) is 4.98 Å². The van der Waals surface area contributed by atoms with E-state index in [1.165, 1.54) is 6.20 Å². The van der Waals surface area contributed by atoms with Gasteiger partial charge in [0.1, 0.15) is 17.9 Å². The predicted molar refractivity (Wildman–Crippen MR) is 134 cm³/mol. The highest BCUT2D eigenvalue weighted by atomic mass is 35.5. The quantitative estimate of drug-likeness (QED) is 0.467. The predicted octanol–water partition coefficient (Wildman–Crippen LogP) is 4.78. The van der Waals surface area contributed by atoms with Gasteiger partial charge in [-0.2, -0.15) is 4.98 Å². The van der Waals surface area contributed by atoms with E-state index in [1.54, 1.807) is 43.5 Å². The van der Waals surface area contributed by atoms with Crippen molar-refractivity contribution >= 4 is 58.8 Å². The fourth-order valence-corrected chi connectivity index (χ4v) is 4.74. The molecule has 0 aliphatic carbocycles. The van der Waals surface area contributed by atoms with E-state index in [-0.39, 0.29) is 11.9 Å². The lowest BCUT2D eigenvalue weighted by atomic mass is 10.2. The van der Waals surface area contributed by atoms with Crippen molar-refractivity contribution in [3.63, 3.8) is 0 Å². The molecule has 1 aliphatic rings. The summed E-state index contributed by atoms with van der Waals surface area (Å²) >= 11 is 6.34. The molecule has 10 heteroatoms. The largest absolute Gasteiger partial charge is 0.495 e. The fourth-order valence-electron chi connectivity index (χ4n) is 3.45. The molecular weight excluding hydrogens is 461 g/mol. The van der Waals surface area contributed by atoms with Crippen LogP contribution in [0, 0.1) is 0 Å². The van der Waals surface area contributed by atoms with Crippen molar-refractivity contribution in [2.45, 2.75) is 0 Å². The number of ether oxygens (including phenoxy) is 1. The summed E-state index contributed by atoms with van der Waals surface area (Å²) in [4.78, 5) is 22.5. The number of carbonyl (C=O) groups is 1. The summed E-state index contributed by atoms with van der Waals surface area (Å²) in [7, 11) is -0.966. The molecular formula is C23H23ClN5O3P. The molecule has 33 heavy (non-hydrogen) atoms. The molecule has 1 amide bonds. The van der Waals surface area contributed by atoms with E-state index in [0.29, 0.717) is 39.8 Å². The number of amides is 1. The number of hydrogen-bond donors (Lipinski definition) is 2. The number of hydrogen-bond acceptors (Lipinski definition) is 7. The molecule has 8 nitrogen and oxygen atoms in total. The van der Waals surface area contributed by atoms with Crippen molar-refractivity contribution in [3.05, 3.63) is 65.8 Å². The van der Waals surface area contributed by atoms with Crippen molar-refractivity contribution in [3.8, 4) is 5.75 Å². The first-order valence-corrected chi connectivity index (χ1v) is 13.1. The average molecular weight is 484 g/mol. The topological polar surface area (TPSA) is 96.5 Å². The van der Waals surface area contributed by atoms with Gasteiger partial charge in [-0.05, 0) is 43.7 Å². The van der Waals surface area contributed by atoms with Gasteiger partial charge in [-0.15, -0.1) is 0 Å². The van der Waals surface area contributed by atoms with Crippen molar-refractivity contribution in [1.82, 2.24) is 9.97 Å². The smallest absolute Gasteiger partial charge is 0.251 e. The van der Waals surface area contributed by atoms with Crippen molar-refractivity contribution in [1.29, 1.82) is 0 Å². The highest BCUT2D eigenvalue weighted by Crippen LogP contribution is 2.39. The molecule has 2 N–H and O–H groups in total. The molecule has 0 spiro atoms. The van der Waals surface area contributed by atoms with E-state index < -0.39 is 7.14 Å². The molecule has 0 radical (unpaired) electrons. The first kappa shape index (κ1) is 22.8. The molecule has 2 aromatic carbocycles. The SMILES string of the molecule is COc1ccc(N2CC=CC2=O)cc1Nc1ncc(Cl)c(Nc2ccccc2P(C)(C)=O)n1. The van der Waals surface area contributed by atoms with Gasteiger partial charge in [0.2, 0.25) is 5.95 Å². The number of rotatable bonds is 7. The zero-order chi connectivity index (χ0) is 23.6. The van der Waals surface area contributed by atoms with Crippen molar-refractivity contribution < 1.29 is 14.1 Å². The second-order valence-corrected chi connectivity index (χ2v) is 11.3. The lowest BCUT2D eigenvalue weighted by molar-refractivity contribution is -0.113. The number of methoxy groups -OCH3 is 1. The van der Waals surface area contributed by atoms with Crippen molar-refractivity contribution in [2.24, 2.45) is 0 Å². The van der Waals surface area contributed by atoms with E-state index in [0.717, 1.165) is 5.69 Å². The summed E-state index contributed by atoms with van der Waals surface area (Å²) < 4.78 is 18.1. The maximum absolute atomic E-state index is 12.7. The first-order chi connectivity index (χ1) is 15.8. The second kappa shape index (κ2) is 9.25. The summed E-state index contributed by atoms with van der Waals surface area (Å²) in [5.41, 5.74) is 1.98. The minimum atomic E-state index is -2.52. The minimum Gasteiger partial charge on any atom is -0.495 e. The van der Waals surface area contributed by atoms with Crippen LogP contribution in [0.2, 0.25) is 5.02 Å². The van der Waals surface area contributed by atoms with Gasteiger partial charge >= 0.3 is 0 Å². The summed E-state index contributed by atoms with van der Waals surface area (Å²) in [6, 6.07) is 12.7. The lowest BCUT2D eigenvalue weighted by Gasteiger charge is -2.19. The van der Waals surface area contributed by atoms with Crippen LogP contribution in [0.5, 0.6) is 5.75 Å². The van der Waals surface area contributed by atoms with Crippen molar-refractivity contribution in [2.75, 3.05) is 42.5 Å². The van der Waals surface area contributed by atoms with Crippen LogP contribution in [0.15, 0.2) is 60.8 Å². The number of halogens is 1. The Morgan fingerprint density at radius 2 is 1.91 bits per heavy atom. The van der Waals surface area contributed by atoms with Gasteiger partial charge in [-0.3, -0.25) is 4.79 Å².